The summed E-state index contributed by atoms with van der Waals surface area (Å²) < 4.78 is 13.8. The van der Waals surface area contributed by atoms with Gasteiger partial charge in [-0.15, -0.1) is 0 Å². The van der Waals surface area contributed by atoms with Crippen molar-refractivity contribution in [1.82, 2.24) is 9.36 Å². The van der Waals surface area contributed by atoms with Crippen LogP contribution in [0.5, 0.6) is 11.5 Å². The Labute approximate surface area is 134 Å². The van der Waals surface area contributed by atoms with E-state index in [0.717, 1.165) is 22.7 Å². The molecule has 5 nitrogen and oxygen atoms in total. The predicted molar refractivity (Wildman–Crippen MR) is 88.7 cm³/mol. The molecule has 0 unspecified atom stereocenters. The molecule has 3 rings (SSSR count). The zero-order valence-electron chi connectivity index (χ0n) is 13.1. The zero-order valence-corrected chi connectivity index (χ0v) is 13.1. The summed E-state index contributed by atoms with van der Waals surface area (Å²) >= 11 is 0. The fourth-order valence-corrected chi connectivity index (χ4v) is 2.43. The molecule has 23 heavy (non-hydrogen) atoms. The number of methoxy groups -OCH3 is 2. The van der Waals surface area contributed by atoms with Crippen LogP contribution in [-0.4, -0.2) is 23.6 Å². The SMILES string of the molecule is COc1ccc(Cn2c(=O)ccn2-c2ccc(OC)cc2)cc1. The quantitative estimate of drug-likeness (QED) is 0.728. The van der Waals surface area contributed by atoms with Crippen molar-refractivity contribution < 1.29 is 9.47 Å². The van der Waals surface area contributed by atoms with Crippen LogP contribution >= 0.6 is 0 Å². The van der Waals surface area contributed by atoms with E-state index in [9.17, 15) is 4.79 Å². The van der Waals surface area contributed by atoms with E-state index in [1.165, 1.54) is 0 Å². The smallest absolute Gasteiger partial charge is 0.267 e. The third kappa shape index (κ3) is 3.13. The van der Waals surface area contributed by atoms with Gasteiger partial charge in [0.25, 0.3) is 5.56 Å². The van der Waals surface area contributed by atoms with Gasteiger partial charge in [0.05, 0.1) is 26.5 Å². The number of aromatic nitrogens is 2. The molecule has 0 radical (unpaired) electrons. The summed E-state index contributed by atoms with van der Waals surface area (Å²) in [7, 11) is 3.26. The highest BCUT2D eigenvalue weighted by atomic mass is 16.5. The van der Waals surface area contributed by atoms with E-state index in [1.54, 1.807) is 31.2 Å². The lowest BCUT2D eigenvalue weighted by atomic mass is 10.2. The molecule has 0 saturated carbocycles. The molecule has 0 spiro atoms. The van der Waals surface area contributed by atoms with E-state index in [0.29, 0.717) is 6.54 Å². The Morgan fingerprint density at radius 1 is 0.826 bits per heavy atom. The molecule has 1 heterocycles. The largest absolute Gasteiger partial charge is 0.497 e. The van der Waals surface area contributed by atoms with Crippen molar-refractivity contribution in [3.05, 3.63) is 76.7 Å². The third-order valence-corrected chi connectivity index (χ3v) is 3.70. The Hall–Kier alpha value is -2.95. The van der Waals surface area contributed by atoms with Crippen LogP contribution in [-0.2, 0) is 6.54 Å². The van der Waals surface area contributed by atoms with Crippen LogP contribution < -0.4 is 15.0 Å². The highest BCUT2D eigenvalue weighted by Gasteiger charge is 2.07. The molecule has 0 aliphatic heterocycles. The highest BCUT2D eigenvalue weighted by Crippen LogP contribution is 2.16. The number of benzene rings is 2. The van der Waals surface area contributed by atoms with Gasteiger partial charge in [0.15, 0.2) is 0 Å². The van der Waals surface area contributed by atoms with Crippen LogP contribution in [0.4, 0.5) is 0 Å². The van der Waals surface area contributed by atoms with Crippen molar-refractivity contribution in [2.75, 3.05) is 14.2 Å². The second-order valence-corrected chi connectivity index (χ2v) is 5.10. The standard InChI is InChI=1S/C18H18N2O3/c1-22-16-7-3-14(4-8-16)13-20-18(21)11-12-19(20)15-5-9-17(23-2)10-6-15/h3-12H,13H2,1-2H3. The Morgan fingerprint density at radius 3 is 1.96 bits per heavy atom. The number of hydrogen-bond donors (Lipinski definition) is 0. The fraction of sp³-hybridized carbons (Fsp3) is 0.167. The van der Waals surface area contributed by atoms with Gasteiger partial charge in [0.1, 0.15) is 11.5 Å². The summed E-state index contributed by atoms with van der Waals surface area (Å²) in [5.41, 5.74) is 1.89. The van der Waals surface area contributed by atoms with Crippen molar-refractivity contribution in [1.29, 1.82) is 0 Å². The molecule has 2 aromatic carbocycles. The minimum Gasteiger partial charge on any atom is -0.497 e. The monoisotopic (exact) mass is 310 g/mol. The van der Waals surface area contributed by atoms with Gasteiger partial charge in [-0.2, -0.15) is 0 Å². The Balaban J connectivity index is 1.92. The number of ether oxygens (including phenoxy) is 2. The van der Waals surface area contributed by atoms with E-state index in [1.807, 2.05) is 53.2 Å². The van der Waals surface area contributed by atoms with Gasteiger partial charge in [-0.05, 0) is 42.0 Å². The summed E-state index contributed by atoms with van der Waals surface area (Å²) in [6.07, 6.45) is 1.77. The molecule has 0 aliphatic carbocycles. The fourth-order valence-electron chi connectivity index (χ4n) is 2.43. The summed E-state index contributed by atoms with van der Waals surface area (Å²) in [4.78, 5) is 12.2. The van der Waals surface area contributed by atoms with Gasteiger partial charge < -0.3 is 9.47 Å². The first-order chi connectivity index (χ1) is 11.2. The lowest BCUT2D eigenvalue weighted by molar-refractivity contribution is 0.414. The summed E-state index contributed by atoms with van der Waals surface area (Å²) in [5, 5.41) is 0. The van der Waals surface area contributed by atoms with E-state index < -0.39 is 0 Å². The average molecular weight is 310 g/mol. The van der Waals surface area contributed by atoms with Crippen LogP contribution in [0.25, 0.3) is 5.69 Å². The van der Waals surface area contributed by atoms with E-state index >= 15 is 0 Å². The molecule has 118 valence electrons. The topological polar surface area (TPSA) is 45.4 Å². The maximum atomic E-state index is 12.2. The van der Waals surface area contributed by atoms with Crippen LogP contribution in [0.2, 0.25) is 0 Å². The number of nitrogens with zero attached hydrogens (tertiary/aromatic N) is 2. The predicted octanol–water partition coefficient (Wildman–Crippen LogP) is 2.70. The highest BCUT2D eigenvalue weighted by molar-refractivity contribution is 5.37. The van der Waals surface area contributed by atoms with Crippen molar-refractivity contribution in [2.24, 2.45) is 0 Å². The lowest BCUT2D eigenvalue weighted by Gasteiger charge is -2.12. The first-order valence-electron chi connectivity index (χ1n) is 7.27. The van der Waals surface area contributed by atoms with Crippen LogP contribution in [0.15, 0.2) is 65.6 Å². The maximum absolute atomic E-state index is 12.2. The molecule has 1 aromatic heterocycles. The third-order valence-electron chi connectivity index (χ3n) is 3.70. The van der Waals surface area contributed by atoms with Crippen molar-refractivity contribution >= 4 is 0 Å². The van der Waals surface area contributed by atoms with Gasteiger partial charge in [-0.3, -0.25) is 9.48 Å². The van der Waals surface area contributed by atoms with Gasteiger partial charge in [-0.25, -0.2) is 4.68 Å². The number of rotatable bonds is 5. The molecule has 0 atom stereocenters. The Kier molecular flexibility index (Phi) is 4.19. The van der Waals surface area contributed by atoms with E-state index in [4.69, 9.17) is 9.47 Å². The molecule has 0 amide bonds. The maximum Gasteiger partial charge on any atom is 0.267 e. The second kappa shape index (κ2) is 6.44. The average Bonchev–Trinajstić information content (AvgIpc) is 2.96. The molecule has 3 aromatic rings. The second-order valence-electron chi connectivity index (χ2n) is 5.10. The zero-order chi connectivity index (χ0) is 16.2. The molecule has 0 saturated heterocycles. The summed E-state index contributed by atoms with van der Waals surface area (Å²) in [5.74, 6) is 1.58. The van der Waals surface area contributed by atoms with Crippen LogP contribution in [0.3, 0.4) is 0 Å². The van der Waals surface area contributed by atoms with E-state index in [2.05, 4.69) is 0 Å². The van der Waals surface area contributed by atoms with Gasteiger partial charge >= 0.3 is 0 Å². The van der Waals surface area contributed by atoms with E-state index in [-0.39, 0.29) is 5.56 Å². The first kappa shape index (κ1) is 15.0. The molecule has 0 N–H and O–H groups in total. The summed E-state index contributed by atoms with van der Waals surface area (Å²) in [6.45, 7) is 0.488. The van der Waals surface area contributed by atoms with Crippen molar-refractivity contribution in [3.63, 3.8) is 0 Å². The molecule has 0 bridgehead atoms. The number of hydrogen-bond acceptors (Lipinski definition) is 3. The van der Waals surface area contributed by atoms with Crippen molar-refractivity contribution in [3.8, 4) is 17.2 Å². The Morgan fingerprint density at radius 2 is 1.39 bits per heavy atom. The molecule has 0 fully saturated rings. The lowest BCUT2D eigenvalue weighted by Crippen LogP contribution is -2.22. The molecular weight excluding hydrogens is 292 g/mol. The van der Waals surface area contributed by atoms with Gasteiger partial charge in [-0.1, -0.05) is 12.1 Å². The summed E-state index contributed by atoms with van der Waals surface area (Å²) in [6, 6.07) is 16.8. The minimum atomic E-state index is -0.0448. The van der Waals surface area contributed by atoms with Gasteiger partial charge in [0, 0.05) is 12.3 Å². The van der Waals surface area contributed by atoms with Gasteiger partial charge in [0.2, 0.25) is 0 Å². The molecule has 5 heteroatoms. The molecule has 0 aliphatic rings. The Bertz CT molecular complexity index is 830. The molecular formula is C18H18N2O3. The normalized spacial score (nSPS) is 10.5. The van der Waals surface area contributed by atoms with Crippen molar-refractivity contribution in [2.45, 2.75) is 6.54 Å². The van der Waals surface area contributed by atoms with Crippen LogP contribution in [0.1, 0.15) is 5.56 Å². The first-order valence-corrected chi connectivity index (χ1v) is 7.27. The minimum absolute atomic E-state index is 0.0448. The van der Waals surface area contributed by atoms with Crippen LogP contribution in [0, 0.1) is 0 Å².